The summed E-state index contributed by atoms with van der Waals surface area (Å²) in [5, 5.41) is 2.98. The van der Waals surface area contributed by atoms with Gasteiger partial charge < -0.3 is 5.32 Å². The van der Waals surface area contributed by atoms with Gasteiger partial charge in [0, 0.05) is 16.2 Å². The van der Waals surface area contributed by atoms with E-state index < -0.39 is 0 Å². The highest BCUT2D eigenvalue weighted by Crippen LogP contribution is 2.23. The molecule has 0 unspecified atom stereocenters. The van der Waals surface area contributed by atoms with Crippen LogP contribution >= 0.6 is 27.5 Å². The van der Waals surface area contributed by atoms with Crippen molar-refractivity contribution in [1.82, 2.24) is 9.97 Å². The first-order valence-corrected chi connectivity index (χ1v) is 5.95. The van der Waals surface area contributed by atoms with Crippen molar-refractivity contribution in [2.45, 2.75) is 6.92 Å². The van der Waals surface area contributed by atoms with Gasteiger partial charge in [-0.05, 0) is 36.7 Å². The average molecular weight is 317 g/mol. The van der Waals surface area contributed by atoms with E-state index in [0.29, 0.717) is 21.7 Å². The molecule has 3 nitrogen and oxygen atoms in total. The molecule has 17 heavy (non-hydrogen) atoms. The van der Waals surface area contributed by atoms with Gasteiger partial charge in [0.15, 0.2) is 0 Å². The van der Waals surface area contributed by atoms with Crippen molar-refractivity contribution in [2.75, 3.05) is 5.32 Å². The average Bonchev–Trinajstić information content (AvgIpc) is 2.21. The molecule has 0 saturated heterocycles. The number of benzene rings is 1. The maximum atomic E-state index is 13.6. The topological polar surface area (TPSA) is 37.8 Å². The number of nitrogens with zero attached hydrogens (tertiary/aromatic N) is 2. The molecule has 0 aliphatic carbocycles. The minimum Gasteiger partial charge on any atom is -0.338 e. The molecule has 0 amide bonds. The first-order chi connectivity index (χ1) is 8.04. The van der Waals surface area contributed by atoms with Gasteiger partial charge in [-0.2, -0.15) is 0 Å². The summed E-state index contributed by atoms with van der Waals surface area (Å²) in [5.41, 5.74) is 1.05. The molecule has 1 heterocycles. The summed E-state index contributed by atoms with van der Waals surface area (Å²) in [6.07, 6.45) is 0. The van der Waals surface area contributed by atoms with E-state index >= 15 is 0 Å². The maximum absolute atomic E-state index is 13.6. The zero-order valence-electron chi connectivity index (χ0n) is 8.84. The third kappa shape index (κ3) is 3.14. The molecule has 2 aromatic rings. The number of rotatable bonds is 2. The van der Waals surface area contributed by atoms with Crippen LogP contribution in [0.3, 0.4) is 0 Å². The van der Waals surface area contributed by atoms with E-state index in [1.165, 1.54) is 6.07 Å². The molecule has 0 radical (unpaired) electrons. The lowest BCUT2D eigenvalue weighted by atomic mass is 10.3. The first-order valence-electron chi connectivity index (χ1n) is 4.78. The molecule has 0 saturated carbocycles. The summed E-state index contributed by atoms with van der Waals surface area (Å²) in [7, 11) is 0. The number of hydrogen-bond donors (Lipinski definition) is 1. The Morgan fingerprint density at radius 1 is 1.29 bits per heavy atom. The van der Waals surface area contributed by atoms with Crippen LogP contribution < -0.4 is 5.32 Å². The Labute approximate surface area is 111 Å². The Morgan fingerprint density at radius 2 is 2.06 bits per heavy atom. The van der Waals surface area contributed by atoms with E-state index in [2.05, 4.69) is 31.2 Å². The lowest BCUT2D eigenvalue weighted by Crippen LogP contribution is -1.98. The fraction of sp³-hybridized carbons (Fsp3) is 0.0909. The lowest BCUT2D eigenvalue weighted by molar-refractivity contribution is 0.631. The van der Waals surface area contributed by atoms with E-state index in [-0.39, 0.29) is 11.1 Å². The second kappa shape index (κ2) is 4.98. The van der Waals surface area contributed by atoms with Crippen LogP contribution in [0.4, 0.5) is 15.9 Å². The van der Waals surface area contributed by atoms with Crippen LogP contribution in [0.2, 0.25) is 5.28 Å². The molecular weight excluding hydrogens is 308 g/mol. The number of hydrogen-bond acceptors (Lipinski definition) is 3. The number of aryl methyl sites for hydroxylation is 1. The third-order valence-electron chi connectivity index (χ3n) is 2.02. The van der Waals surface area contributed by atoms with Crippen LogP contribution in [-0.4, -0.2) is 9.97 Å². The van der Waals surface area contributed by atoms with Gasteiger partial charge in [-0.25, -0.2) is 14.4 Å². The van der Waals surface area contributed by atoms with E-state index in [1.54, 1.807) is 25.1 Å². The highest BCUT2D eigenvalue weighted by Gasteiger charge is 2.05. The molecule has 1 aromatic carbocycles. The molecule has 1 aromatic heterocycles. The van der Waals surface area contributed by atoms with Crippen LogP contribution in [0.15, 0.2) is 28.7 Å². The summed E-state index contributed by atoms with van der Waals surface area (Å²) in [6, 6.07) is 6.41. The van der Waals surface area contributed by atoms with Crippen molar-refractivity contribution in [2.24, 2.45) is 0 Å². The van der Waals surface area contributed by atoms with Gasteiger partial charge in [-0.15, -0.1) is 0 Å². The van der Waals surface area contributed by atoms with Gasteiger partial charge in [-0.1, -0.05) is 15.9 Å². The summed E-state index contributed by atoms with van der Waals surface area (Å²) < 4.78 is 14.2. The van der Waals surface area contributed by atoms with Crippen LogP contribution in [0.5, 0.6) is 0 Å². The second-order valence-electron chi connectivity index (χ2n) is 3.41. The number of aromatic nitrogens is 2. The van der Waals surface area contributed by atoms with Crippen LogP contribution in [0, 0.1) is 12.7 Å². The molecular formula is C11H8BrClFN3. The van der Waals surface area contributed by atoms with E-state index in [9.17, 15) is 4.39 Å². The third-order valence-corrected chi connectivity index (χ3v) is 2.68. The lowest BCUT2D eigenvalue weighted by Gasteiger charge is -2.07. The summed E-state index contributed by atoms with van der Waals surface area (Å²) in [6.45, 7) is 1.79. The Morgan fingerprint density at radius 3 is 2.71 bits per heavy atom. The Bertz CT molecular complexity index is 542. The first kappa shape index (κ1) is 12.3. The van der Waals surface area contributed by atoms with E-state index in [0.717, 1.165) is 0 Å². The number of nitrogens with one attached hydrogen (secondary N) is 1. The largest absolute Gasteiger partial charge is 0.338 e. The zero-order chi connectivity index (χ0) is 12.4. The minimum atomic E-state index is -0.369. The predicted molar refractivity (Wildman–Crippen MR) is 69.2 cm³/mol. The smallest absolute Gasteiger partial charge is 0.224 e. The monoisotopic (exact) mass is 315 g/mol. The highest BCUT2D eigenvalue weighted by atomic mass is 79.9. The predicted octanol–water partition coefficient (Wildman–Crippen LogP) is 4.08. The van der Waals surface area contributed by atoms with Gasteiger partial charge in [0.05, 0.1) is 5.69 Å². The van der Waals surface area contributed by atoms with Gasteiger partial charge in [0.1, 0.15) is 11.6 Å². The molecule has 6 heteroatoms. The molecule has 0 atom stereocenters. The quantitative estimate of drug-likeness (QED) is 0.848. The Kier molecular flexibility index (Phi) is 3.59. The van der Waals surface area contributed by atoms with Gasteiger partial charge in [0.25, 0.3) is 0 Å². The van der Waals surface area contributed by atoms with E-state index in [4.69, 9.17) is 11.6 Å². The molecule has 0 bridgehead atoms. The van der Waals surface area contributed by atoms with Gasteiger partial charge in [-0.3, -0.25) is 0 Å². The van der Waals surface area contributed by atoms with Gasteiger partial charge in [0.2, 0.25) is 5.28 Å². The summed E-state index contributed by atoms with van der Waals surface area (Å²) >= 11 is 8.91. The van der Waals surface area contributed by atoms with Crippen molar-refractivity contribution in [3.8, 4) is 0 Å². The van der Waals surface area contributed by atoms with Crippen LogP contribution in [0.1, 0.15) is 5.69 Å². The fourth-order valence-electron chi connectivity index (χ4n) is 1.33. The van der Waals surface area contributed by atoms with Crippen molar-refractivity contribution in [1.29, 1.82) is 0 Å². The minimum absolute atomic E-state index is 0.130. The summed E-state index contributed by atoms with van der Waals surface area (Å²) in [4.78, 5) is 7.88. The highest BCUT2D eigenvalue weighted by molar-refractivity contribution is 9.10. The molecule has 0 aliphatic rings. The van der Waals surface area contributed by atoms with Crippen molar-refractivity contribution < 1.29 is 4.39 Å². The molecule has 88 valence electrons. The van der Waals surface area contributed by atoms with Crippen molar-refractivity contribution in [3.63, 3.8) is 0 Å². The fourth-order valence-corrected chi connectivity index (χ4v) is 1.88. The Hall–Kier alpha value is -1.20. The van der Waals surface area contributed by atoms with Crippen LogP contribution in [-0.2, 0) is 0 Å². The molecule has 0 spiro atoms. The molecule has 0 fully saturated rings. The van der Waals surface area contributed by atoms with Crippen molar-refractivity contribution in [3.05, 3.63) is 45.5 Å². The van der Waals surface area contributed by atoms with E-state index in [1.807, 2.05) is 0 Å². The number of anilines is 2. The molecule has 2 rings (SSSR count). The standard InChI is InChI=1S/C11H8BrClFN3/c1-6-4-10(17-11(13)15-6)16-9-3-2-7(12)5-8(9)14/h2-5H,1H3,(H,15,16,17). The molecule has 1 N–H and O–H groups in total. The normalized spacial score (nSPS) is 10.4. The molecule has 0 aliphatic heterocycles. The maximum Gasteiger partial charge on any atom is 0.224 e. The number of halogens is 3. The van der Waals surface area contributed by atoms with Gasteiger partial charge >= 0.3 is 0 Å². The zero-order valence-corrected chi connectivity index (χ0v) is 11.2. The Balaban J connectivity index is 2.31. The SMILES string of the molecule is Cc1cc(Nc2ccc(Br)cc2F)nc(Cl)n1. The van der Waals surface area contributed by atoms with Crippen LogP contribution in [0.25, 0.3) is 0 Å². The second-order valence-corrected chi connectivity index (χ2v) is 4.67. The van der Waals surface area contributed by atoms with Crippen molar-refractivity contribution >= 4 is 39.0 Å². The summed E-state index contributed by atoms with van der Waals surface area (Å²) in [5.74, 6) is 0.0930.